The summed E-state index contributed by atoms with van der Waals surface area (Å²) in [6.07, 6.45) is 1.59. The van der Waals surface area contributed by atoms with Crippen LogP contribution in [0.25, 0.3) is 0 Å². The lowest BCUT2D eigenvalue weighted by molar-refractivity contribution is -0.132. The summed E-state index contributed by atoms with van der Waals surface area (Å²) in [6.45, 7) is 1.74. The summed E-state index contributed by atoms with van der Waals surface area (Å²) in [7, 11) is 0. The van der Waals surface area contributed by atoms with Crippen molar-refractivity contribution in [3.63, 3.8) is 0 Å². The highest BCUT2D eigenvalue weighted by Gasteiger charge is 2.00. The summed E-state index contributed by atoms with van der Waals surface area (Å²) in [4.78, 5) is 10.0. The molecule has 3 nitrogen and oxygen atoms in total. The Balaban J connectivity index is 3.92. The van der Waals surface area contributed by atoms with Gasteiger partial charge in [-0.25, -0.2) is 4.79 Å². The minimum absolute atomic E-state index is 0.255. The smallest absolute Gasteiger partial charge is 0.333 e. The molecule has 0 aliphatic rings. The van der Waals surface area contributed by atoms with E-state index < -0.39 is 5.97 Å². The van der Waals surface area contributed by atoms with Crippen LogP contribution in [0.2, 0.25) is 0 Å². The van der Waals surface area contributed by atoms with Crippen molar-refractivity contribution in [1.82, 2.24) is 0 Å². The maximum Gasteiger partial charge on any atom is 0.333 e. The zero-order valence-electron chi connectivity index (χ0n) is 4.72. The van der Waals surface area contributed by atoms with Crippen LogP contribution in [-0.2, 0) is 4.79 Å². The fourth-order valence-corrected chi connectivity index (χ4v) is 0.340. The molecule has 0 bridgehead atoms. The van der Waals surface area contributed by atoms with Gasteiger partial charge in [-0.3, -0.25) is 0 Å². The Morgan fingerprint density at radius 1 is 1.88 bits per heavy atom. The zero-order chi connectivity index (χ0) is 6.57. The summed E-state index contributed by atoms with van der Waals surface area (Å²) in [5.74, 6) is -0.935. The lowest BCUT2D eigenvalue weighted by atomic mass is 10.2. The lowest BCUT2D eigenvalue weighted by Crippen LogP contribution is -2.01. The highest BCUT2D eigenvalue weighted by Crippen LogP contribution is 1.95. The molecular formula is C5H9NO2. The number of carboxylic acids is 1. The van der Waals surface area contributed by atoms with E-state index in [-0.39, 0.29) is 5.57 Å². The predicted octanol–water partition coefficient (Wildman–Crippen LogP) is 0.324. The molecule has 0 aromatic heterocycles. The van der Waals surface area contributed by atoms with Crippen LogP contribution in [0.3, 0.4) is 0 Å². The van der Waals surface area contributed by atoms with E-state index in [0.717, 1.165) is 6.20 Å². The number of carbonyl (C=O) groups is 1. The van der Waals surface area contributed by atoms with Gasteiger partial charge < -0.3 is 10.8 Å². The first-order valence-electron chi connectivity index (χ1n) is 2.36. The van der Waals surface area contributed by atoms with Crippen LogP contribution in [0.5, 0.6) is 0 Å². The average Bonchev–Trinajstić information content (AvgIpc) is 1.69. The van der Waals surface area contributed by atoms with Gasteiger partial charge in [0.15, 0.2) is 0 Å². The van der Waals surface area contributed by atoms with Crippen LogP contribution in [-0.4, -0.2) is 11.1 Å². The normalized spacial score (nSPS) is 11.4. The molecule has 0 aromatic rings. The molecule has 0 saturated heterocycles. The van der Waals surface area contributed by atoms with Crippen molar-refractivity contribution < 1.29 is 9.90 Å². The second kappa shape index (κ2) is 3.07. The number of hydrogen-bond donors (Lipinski definition) is 2. The summed E-state index contributed by atoms with van der Waals surface area (Å²) >= 11 is 0. The minimum atomic E-state index is -0.935. The fraction of sp³-hybridized carbons (Fsp3) is 0.400. The van der Waals surface area contributed by atoms with Gasteiger partial charge in [-0.2, -0.15) is 0 Å². The van der Waals surface area contributed by atoms with Crippen LogP contribution >= 0.6 is 0 Å². The molecule has 0 radical (unpaired) electrons. The maximum atomic E-state index is 10.0. The van der Waals surface area contributed by atoms with E-state index >= 15 is 0 Å². The monoisotopic (exact) mass is 115 g/mol. The average molecular weight is 115 g/mol. The van der Waals surface area contributed by atoms with Crippen molar-refractivity contribution in [3.05, 3.63) is 11.8 Å². The van der Waals surface area contributed by atoms with Gasteiger partial charge in [0.1, 0.15) is 0 Å². The van der Waals surface area contributed by atoms with Crippen LogP contribution in [0.4, 0.5) is 0 Å². The van der Waals surface area contributed by atoms with Crippen molar-refractivity contribution in [1.29, 1.82) is 0 Å². The molecule has 8 heavy (non-hydrogen) atoms. The zero-order valence-corrected chi connectivity index (χ0v) is 4.72. The molecule has 3 heteroatoms. The van der Waals surface area contributed by atoms with Crippen molar-refractivity contribution >= 4 is 5.97 Å². The molecule has 0 rings (SSSR count). The molecule has 0 aliphatic carbocycles. The predicted molar refractivity (Wildman–Crippen MR) is 30.2 cm³/mol. The number of aliphatic carboxylic acids is 1. The first-order valence-corrected chi connectivity index (χ1v) is 2.36. The molecule has 0 spiro atoms. The molecule has 0 saturated carbocycles. The van der Waals surface area contributed by atoms with Gasteiger partial charge >= 0.3 is 5.97 Å². The second-order valence-electron chi connectivity index (χ2n) is 1.35. The molecule has 0 aromatic carbocycles. The van der Waals surface area contributed by atoms with Gasteiger partial charge in [-0.15, -0.1) is 0 Å². The Hall–Kier alpha value is -0.990. The highest BCUT2D eigenvalue weighted by atomic mass is 16.4. The molecule has 3 N–H and O–H groups in total. The van der Waals surface area contributed by atoms with E-state index in [1.807, 2.05) is 0 Å². The van der Waals surface area contributed by atoms with Gasteiger partial charge in [-0.05, 0) is 6.42 Å². The Morgan fingerprint density at radius 2 is 2.38 bits per heavy atom. The van der Waals surface area contributed by atoms with Crippen LogP contribution in [0.1, 0.15) is 13.3 Å². The van der Waals surface area contributed by atoms with Gasteiger partial charge in [0.25, 0.3) is 0 Å². The van der Waals surface area contributed by atoms with E-state index in [4.69, 9.17) is 10.8 Å². The van der Waals surface area contributed by atoms with Crippen molar-refractivity contribution in [3.8, 4) is 0 Å². The summed E-state index contributed by atoms with van der Waals surface area (Å²) in [5, 5.41) is 8.22. The van der Waals surface area contributed by atoms with E-state index in [9.17, 15) is 4.79 Å². The standard InChI is InChI=1S/C5H9NO2/c1-2-4(3-6)5(7)8/h3H,2,6H2,1H3,(H,7,8). The van der Waals surface area contributed by atoms with Crippen LogP contribution < -0.4 is 5.73 Å². The first-order chi connectivity index (χ1) is 3.72. The molecule has 0 heterocycles. The molecule has 0 aliphatic heterocycles. The maximum absolute atomic E-state index is 10.0. The Kier molecular flexibility index (Phi) is 2.69. The second-order valence-corrected chi connectivity index (χ2v) is 1.35. The molecule has 46 valence electrons. The van der Waals surface area contributed by atoms with Crippen molar-refractivity contribution in [2.45, 2.75) is 13.3 Å². The third kappa shape index (κ3) is 1.64. The Bertz CT molecular complexity index is 118. The lowest BCUT2D eigenvalue weighted by Gasteiger charge is -1.90. The fourth-order valence-electron chi connectivity index (χ4n) is 0.340. The Labute approximate surface area is 47.8 Å². The molecular weight excluding hydrogens is 106 g/mol. The van der Waals surface area contributed by atoms with E-state index in [1.165, 1.54) is 0 Å². The Morgan fingerprint density at radius 3 is 2.38 bits per heavy atom. The third-order valence-electron chi connectivity index (χ3n) is 0.857. The SMILES string of the molecule is CCC(=CN)C(=O)O. The highest BCUT2D eigenvalue weighted by molar-refractivity contribution is 5.86. The van der Waals surface area contributed by atoms with E-state index in [1.54, 1.807) is 6.92 Å². The summed E-state index contributed by atoms with van der Waals surface area (Å²) in [6, 6.07) is 0. The van der Waals surface area contributed by atoms with E-state index in [0.29, 0.717) is 6.42 Å². The quantitative estimate of drug-likeness (QED) is 0.509. The van der Waals surface area contributed by atoms with E-state index in [2.05, 4.69) is 0 Å². The van der Waals surface area contributed by atoms with Gasteiger partial charge in [0.05, 0.1) is 5.57 Å². The third-order valence-corrected chi connectivity index (χ3v) is 0.857. The van der Waals surface area contributed by atoms with Crippen molar-refractivity contribution in [2.75, 3.05) is 0 Å². The molecule has 0 amide bonds. The van der Waals surface area contributed by atoms with Crippen LogP contribution in [0.15, 0.2) is 11.8 Å². The largest absolute Gasteiger partial charge is 0.478 e. The minimum Gasteiger partial charge on any atom is -0.478 e. The first kappa shape index (κ1) is 7.01. The summed E-state index contributed by atoms with van der Waals surface area (Å²) in [5.41, 5.74) is 5.20. The number of hydrogen-bond acceptors (Lipinski definition) is 2. The summed E-state index contributed by atoms with van der Waals surface area (Å²) < 4.78 is 0. The van der Waals surface area contributed by atoms with Gasteiger partial charge in [-0.1, -0.05) is 6.92 Å². The van der Waals surface area contributed by atoms with Gasteiger partial charge in [0.2, 0.25) is 0 Å². The molecule has 0 atom stereocenters. The molecule has 0 fully saturated rings. The molecule has 0 unspecified atom stereocenters. The number of carboxylic acid groups (broad SMARTS) is 1. The van der Waals surface area contributed by atoms with Crippen molar-refractivity contribution in [2.24, 2.45) is 5.73 Å². The van der Waals surface area contributed by atoms with Gasteiger partial charge in [0, 0.05) is 6.20 Å². The van der Waals surface area contributed by atoms with Crippen LogP contribution in [0, 0.1) is 0 Å². The topological polar surface area (TPSA) is 63.3 Å². The number of rotatable bonds is 2. The number of nitrogens with two attached hydrogens (primary N) is 1.